The second kappa shape index (κ2) is 4.65. The van der Waals surface area contributed by atoms with E-state index in [-0.39, 0.29) is 0 Å². The Morgan fingerprint density at radius 1 is 0.929 bits per heavy atom. The number of nitrogens with two attached hydrogens (primary N) is 1. The molecule has 0 aromatic rings. The Morgan fingerprint density at radius 2 is 1.64 bits per heavy atom. The van der Waals surface area contributed by atoms with E-state index in [0.29, 0.717) is 6.04 Å². The monoisotopic (exact) mass is 195 g/mol. The van der Waals surface area contributed by atoms with E-state index in [9.17, 15) is 0 Å². The maximum Gasteiger partial charge on any atom is 0.00417 e. The SMILES string of the molecule is CC1CCC(N)CC1C1CCCCC1. The number of hydrogen-bond donors (Lipinski definition) is 1. The van der Waals surface area contributed by atoms with Gasteiger partial charge in [-0.25, -0.2) is 0 Å². The largest absolute Gasteiger partial charge is 0.328 e. The van der Waals surface area contributed by atoms with Crippen molar-refractivity contribution >= 4 is 0 Å². The van der Waals surface area contributed by atoms with Crippen LogP contribution in [0.5, 0.6) is 0 Å². The molecule has 2 saturated carbocycles. The molecule has 14 heavy (non-hydrogen) atoms. The number of hydrogen-bond acceptors (Lipinski definition) is 1. The first-order valence-corrected chi connectivity index (χ1v) is 6.53. The molecule has 0 radical (unpaired) electrons. The van der Waals surface area contributed by atoms with Crippen LogP contribution >= 0.6 is 0 Å². The Kier molecular flexibility index (Phi) is 3.48. The van der Waals surface area contributed by atoms with Gasteiger partial charge in [0.1, 0.15) is 0 Å². The standard InChI is InChI=1S/C13H25N/c1-10-7-8-12(14)9-13(10)11-5-3-2-4-6-11/h10-13H,2-9,14H2,1H3. The molecule has 0 heterocycles. The Balaban J connectivity index is 1.92. The van der Waals surface area contributed by atoms with Crippen LogP contribution in [-0.4, -0.2) is 6.04 Å². The first-order valence-electron chi connectivity index (χ1n) is 6.53. The third kappa shape index (κ3) is 2.31. The molecular weight excluding hydrogens is 170 g/mol. The maximum absolute atomic E-state index is 6.09. The summed E-state index contributed by atoms with van der Waals surface area (Å²) in [6.45, 7) is 2.45. The van der Waals surface area contributed by atoms with Crippen molar-refractivity contribution in [1.82, 2.24) is 0 Å². The van der Waals surface area contributed by atoms with Gasteiger partial charge in [-0.2, -0.15) is 0 Å². The molecule has 82 valence electrons. The topological polar surface area (TPSA) is 26.0 Å². The third-order valence-corrected chi connectivity index (χ3v) is 4.55. The van der Waals surface area contributed by atoms with Crippen molar-refractivity contribution in [2.24, 2.45) is 23.5 Å². The molecule has 2 N–H and O–H groups in total. The van der Waals surface area contributed by atoms with Gasteiger partial charge in [0.15, 0.2) is 0 Å². The Hall–Kier alpha value is -0.0400. The molecule has 0 aromatic heterocycles. The molecule has 2 aliphatic rings. The van der Waals surface area contributed by atoms with Gasteiger partial charge in [0, 0.05) is 6.04 Å². The molecule has 0 amide bonds. The van der Waals surface area contributed by atoms with E-state index in [1.54, 1.807) is 0 Å². The van der Waals surface area contributed by atoms with Gasteiger partial charge in [-0.15, -0.1) is 0 Å². The molecule has 0 aromatic carbocycles. The predicted octanol–water partition coefficient (Wildman–Crippen LogP) is 3.33. The van der Waals surface area contributed by atoms with Crippen molar-refractivity contribution in [3.63, 3.8) is 0 Å². The fraction of sp³-hybridized carbons (Fsp3) is 1.00. The minimum atomic E-state index is 0.512. The molecule has 3 unspecified atom stereocenters. The normalized spacial score (nSPS) is 41.1. The summed E-state index contributed by atoms with van der Waals surface area (Å²) >= 11 is 0. The summed E-state index contributed by atoms with van der Waals surface area (Å²) in [5.41, 5.74) is 6.09. The van der Waals surface area contributed by atoms with Crippen LogP contribution in [0.3, 0.4) is 0 Å². The lowest BCUT2D eigenvalue weighted by molar-refractivity contribution is 0.128. The second-order valence-corrected chi connectivity index (χ2v) is 5.61. The van der Waals surface area contributed by atoms with Gasteiger partial charge in [-0.3, -0.25) is 0 Å². The zero-order valence-electron chi connectivity index (χ0n) is 9.54. The highest BCUT2D eigenvalue weighted by Crippen LogP contribution is 2.40. The average Bonchev–Trinajstić information content (AvgIpc) is 2.23. The van der Waals surface area contributed by atoms with E-state index in [4.69, 9.17) is 5.73 Å². The maximum atomic E-state index is 6.09. The predicted molar refractivity (Wildman–Crippen MR) is 61.1 cm³/mol. The van der Waals surface area contributed by atoms with E-state index in [2.05, 4.69) is 6.92 Å². The van der Waals surface area contributed by atoms with Gasteiger partial charge in [-0.05, 0) is 37.0 Å². The molecule has 1 nitrogen and oxygen atoms in total. The number of rotatable bonds is 1. The van der Waals surface area contributed by atoms with Crippen LogP contribution in [0.2, 0.25) is 0 Å². The molecule has 2 rings (SSSR count). The summed E-state index contributed by atoms with van der Waals surface area (Å²) < 4.78 is 0. The molecule has 0 spiro atoms. The first-order chi connectivity index (χ1) is 6.77. The molecule has 0 aliphatic heterocycles. The highest BCUT2D eigenvalue weighted by molar-refractivity contribution is 4.85. The van der Waals surface area contributed by atoms with Gasteiger partial charge >= 0.3 is 0 Å². The molecule has 2 aliphatic carbocycles. The van der Waals surface area contributed by atoms with E-state index in [0.717, 1.165) is 17.8 Å². The molecule has 3 atom stereocenters. The van der Waals surface area contributed by atoms with Crippen LogP contribution in [-0.2, 0) is 0 Å². The van der Waals surface area contributed by atoms with Gasteiger partial charge in [0.25, 0.3) is 0 Å². The van der Waals surface area contributed by atoms with E-state index in [1.807, 2.05) is 0 Å². The smallest absolute Gasteiger partial charge is 0.00417 e. The van der Waals surface area contributed by atoms with Crippen molar-refractivity contribution in [2.45, 2.75) is 64.3 Å². The van der Waals surface area contributed by atoms with Crippen LogP contribution in [0.15, 0.2) is 0 Å². The molecular formula is C13H25N. The summed E-state index contributed by atoms with van der Waals surface area (Å²) in [4.78, 5) is 0. The van der Waals surface area contributed by atoms with Crippen molar-refractivity contribution < 1.29 is 0 Å². The van der Waals surface area contributed by atoms with Gasteiger partial charge in [-0.1, -0.05) is 39.0 Å². The lowest BCUT2D eigenvalue weighted by Crippen LogP contribution is -2.36. The zero-order valence-corrected chi connectivity index (χ0v) is 9.54. The third-order valence-electron chi connectivity index (χ3n) is 4.55. The average molecular weight is 195 g/mol. The fourth-order valence-electron chi connectivity index (χ4n) is 3.61. The van der Waals surface area contributed by atoms with Gasteiger partial charge in [0.05, 0.1) is 0 Å². The van der Waals surface area contributed by atoms with Gasteiger partial charge in [0.2, 0.25) is 0 Å². The Bertz CT molecular complexity index is 172. The molecule has 0 bridgehead atoms. The summed E-state index contributed by atoms with van der Waals surface area (Å²) in [6.07, 6.45) is 11.4. The van der Waals surface area contributed by atoms with Crippen LogP contribution in [0.25, 0.3) is 0 Å². The molecule has 1 heteroatoms. The Labute approximate surface area is 88.4 Å². The lowest BCUT2D eigenvalue weighted by atomic mass is 9.67. The minimum absolute atomic E-state index is 0.512. The van der Waals surface area contributed by atoms with E-state index >= 15 is 0 Å². The van der Waals surface area contributed by atoms with E-state index < -0.39 is 0 Å². The minimum Gasteiger partial charge on any atom is -0.328 e. The van der Waals surface area contributed by atoms with Crippen molar-refractivity contribution in [3.8, 4) is 0 Å². The summed E-state index contributed by atoms with van der Waals surface area (Å²) in [5.74, 6) is 2.92. The van der Waals surface area contributed by atoms with Crippen LogP contribution in [0.1, 0.15) is 58.3 Å². The van der Waals surface area contributed by atoms with E-state index in [1.165, 1.54) is 51.4 Å². The summed E-state index contributed by atoms with van der Waals surface area (Å²) in [6, 6.07) is 0.512. The highest BCUT2D eigenvalue weighted by atomic mass is 14.6. The van der Waals surface area contributed by atoms with Crippen LogP contribution in [0.4, 0.5) is 0 Å². The van der Waals surface area contributed by atoms with Crippen molar-refractivity contribution in [2.75, 3.05) is 0 Å². The molecule has 2 fully saturated rings. The fourth-order valence-corrected chi connectivity index (χ4v) is 3.61. The van der Waals surface area contributed by atoms with Crippen molar-refractivity contribution in [1.29, 1.82) is 0 Å². The van der Waals surface area contributed by atoms with Crippen LogP contribution in [0, 0.1) is 17.8 Å². The molecule has 0 saturated heterocycles. The van der Waals surface area contributed by atoms with Gasteiger partial charge < -0.3 is 5.73 Å². The first kappa shape index (κ1) is 10.5. The van der Waals surface area contributed by atoms with Crippen molar-refractivity contribution in [3.05, 3.63) is 0 Å². The quantitative estimate of drug-likeness (QED) is 0.682. The lowest BCUT2D eigenvalue weighted by Gasteiger charge is -2.39. The zero-order chi connectivity index (χ0) is 9.97. The Morgan fingerprint density at radius 3 is 2.36 bits per heavy atom. The van der Waals surface area contributed by atoms with Crippen LogP contribution < -0.4 is 5.73 Å². The second-order valence-electron chi connectivity index (χ2n) is 5.61. The highest BCUT2D eigenvalue weighted by Gasteiger charge is 2.32. The summed E-state index contributed by atoms with van der Waals surface area (Å²) in [5, 5.41) is 0. The summed E-state index contributed by atoms with van der Waals surface area (Å²) in [7, 11) is 0.